The smallest absolute Gasteiger partial charge is 0.150 e. The summed E-state index contributed by atoms with van der Waals surface area (Å²) in [6, 6.07) is 8.41. The lowest BCUT2D eigenvalue weighted by molar-refractivity contribution is 0.220. The molecule has 0 spiro atoms. The number of anilines is 2. The molecule has 1 saturated heterocycles. The average Bonchev–Trinajstić information content (AvgIpc) is 2.91. The number of nitrogens with zero attached hydrogens (tertiary/aromatic N) is 2. The van der Waals surface area contributed by atoms with Gasteiger partial charge in [-0.05, 0) is 56.5 Å². The molecule has 5 N–H and O–H groups in total. The Morgan fingerprint density at radius 2 is 2.00 bits per heavy atom. The molecule has 0 atom stereocenters. The largest absolute Gasteiger partial charge is 0.494 e. The number of rotatable bonds is 7. The van der Waals surface area contributed by atoms with E-state index in [0.717, 1.165) is 30.7 Å². The second-order valence-electron chi connectivity index (χ2n) is 6.44. The van der Waals surface area contributed by atoms with Crippen LogP contribution >= 0.6 is 0 Å². The van der Waals surface area contributed by atoms with Crippen molar-refractivity contribution < 1.29 is 4.74 Å². The van der Waals surface area contributed by atoms with Gasteiger partial charge in [0.25, 0.3) is 0 Å². The topological polar surface area (TPSA) is 93.2 Å². The molecule has 0 amide bonds. The van der Waals surface area contributed by atoms with E-state index >= 15 is 0 Å². The van der Waals surface area contributed by atoms with Crippen LogP contribution < -0.4 is 16.2 Å². The van der Waals surface area contributed by atoms with Crippen molar-refractivity contribution in [2.24, 2.45) is 0 Å². The van der Waals surface area contributed by atoms with Gasteiger partial charge in [-0.3, -0.25) is 10.00 Å². The van der Waals surface area contributed by atoms with Crippen LogP contribution in [0.5, 0.6) is 5.75 Å². The number of hydrogen-bond acceptors (Lipinski definition) is 5. The minimum absolute atomic E-state index is 0.482. The van der Waals surface area contributed by atoms with E-state index in [0.29, 0.717) is 18.2 Å². The first-order valence-corrected chi connectivity index (χ1v) is 8.74. The first-order valence-electron chi connectivity index (χ1n) is 8.74. The summed E-state index contributed by atoms with van der Waals surface area (Å²) in [7, 11) is 0. The van der Waals surface area contributed by atoms with Crippen molar-refractivity contribution in [2.45, 2.75) is 38.6 Å². The highest BCUT2D eigenvalue weighted by atomic mass is 16.5. The SMILES string of the molecule is Nc1n[nH]c(N)c1CCCOc1cccc(CN2CCCCC2)c1. The zero-order chi connectivity index (χ0) is 16.8. The van der Waals surface area contributed by atoms with Gasteiger partial charge in [0.1, 0.15) is 11.6 Å². The van der Waals surface area contributed by atoms with Crippen LogP contribution in [0.3, 0.4) is 0 Å². The van der Waals surface area contributed by atoms with Crippen molar-refractivity contribution in [1.82, 2.24) is 15.1 Å². The van der Waals surface area contributed by atoms with Gasteiger partial charge in [-0.15, -0.1) is 0 Å². The van der Waals surface area contributed by atoms with Crippen molar-refractivity contribution in [2.75, 3.05) is 31.2 Å². The fraction of sp³-hybridized carbons (Fsp3) is 0.500. The second kappa shape index (κ2) is 8.06. The maximum Gasteiger partial charge on any atom is 0.150 e. The molecule has 1 aliphatic heterocycles. The molecule has 2 aromatic rings. The summed E-state index contributed by atoms with van der Waals surface area (Å²) >= 11 is 0. The molecule has 6 nitrogen and oxygen atoms in total. The summed E-state index contributed by atoms with van der Waals surface area (Å²) in [4.78, 5) is 2.52. The third kappa shape index (κ3) is 4.41. The molecule has 0 aliphatic carbocycles. The monoisotopic (exact) mass is 329 g/mol. The Morgan fingerprint density at radius 3 is 2.75 bits per heavy atom. The van der Waals surface area contributed by atoms with Crippen LogP contribution in [0.4, 0.5) is 11.6 Å². The summed E-state index contributed by atoms with van der Waals surface area (Å²) < 4.78 is 5.88. The fourth-order valence-electron chi connectivity index (χ4n) is 3.20. The van der Waals surface area contributed by atoms with Crippen molar-refractivity contribution in [3.05, 3.63) is 35.4 Å². The normalized spacial score (nSPS) is 15.5. The number of likely N-dealkylation sites (tertiary alicyclic amines) is 1. The number of H-pyrrole nitrogens is 1. The Labute approximate surface area is 143 Å². The number of nitrogen functional groups attached to an aromatic ring is 2. The van der Waals surface area contributed by atoms with E-state index in [1.54, 1.807) is 0 Å². The van der Waals surface area contributed by atoms with E-state index < -0.39 is 0 Å². The number of nitrogens with one attached hydrogen (secondary N) is 1. The van der Waals surface area contributed by atoms with Crippen LogP contribution in [0.25, 0.3) is 0 Å². The first kappa shape index (κ1) is 16.6. The quantitative estimate of drug-likeness (QED) is 0.679. The zero-order valence-electron chi connectivity index (χ0n) is 14.1. The lowest BCUT2D eigenvalue weighted by Crippen LogP contribution is -2.29. The summed E-state index contributed by atoms with van der Waals surface area (Å²) in [5.41, 5.74) is 13.8. The summed E-state index contributed by atoms with van der Waals surface area (Å²) in [5, 5.41) is 6.60. The highest BCUT2D eigenvalue weighted by Gasteiger charge is 2.11. The molecule has 1 aromatic carbocycles. The standard InChI is InChI=1S/C18H27N5O/c19-17-16(18(20)22-21-17)8-5-11-24-15-7-4-6-14(12-15)13-23-9-2-1-3-10-23/h4,6-7,12H,1-3,5,8-11,13H2,(H5,19,20,21,22). The van der Waals surface area contributed by atoms with Crippen LogP contribution in [0.15, 0.2) is 24.3 Å². The minimum Gasteiger partial charge on any atom is -0.494 e. The maximum absolute atomic E-state index is 5.88. The van der Waals surface area contributed by atoms with Crippen molar-refractivity contribution in [3.63, 3.8) is 0 Å². The number of benzene rings is 1. The summed E-state index contributed by atoms with van der Waals surface area (Å²) in [5.74, 6) is 1.96. The number of nitrogens with two attached hydrogens (primary N) is 2. The zero-order valence-corrected chi connectivity index (χ0v) is 14.1. The van der Waals surface area contributed by atoms with E-state index in [9.17, 15) is 0 Å². The number of piperidine rings is 1. The van der Waals surface area contributed by atoms with Crippen LogP contribution in [0, 0.1) is 0 Å². The lowest BCUT2D eigenvalue weighted by Gasteiger charge is -2.26. The van der Waals surface area contributed by atoms with Crippen LogP contribution in [-0.2, 0) is 13.0 Å². The van der Waals surface area contributed by atoms with E-state index in [1.807, 2.05) is 6.07 Å². The molecule has 0 radical (unpaired) electrons. The molecular formula is C18H27N5O. The van der Waals surface area contributed by atoms with Crippen molar-refractivity contribution in [3.8, 4) is 5.75 Å². The third-order valence-corrected chi connectivity index (χ3v) is 4.52. The van der Waals surface area contributed by atoms with Gasteiger partial charge < -0.3 is 16.2 Å². The molecule has 0 unspecified atom stereocenters. The third-order valence-electron chi connectivity index (χ3n) is 4.52. The fourth-order valence-corrected chi connectivity index (χ4v) is 3.20. The van der Waals surface area contributed by atoms with Crippen LogP contribution in [0.2, 0.25) is 0 Å². The molecule has 1 aliphatic rings. The number of hydrogen-bond donors (Lipinski definition) is 3. The Bertz CT molecular complexity index is 629. The van der Waals surface area contributed by atoms with Crippen molar-refractivity contribution in [1.29, 1.82) is 0 Å². The van der Waals surface area contributed by atoms with Gasteiger partial charge in [-0.1, -0.05) is 18.6 Å². The maximum atomic E-state index is 5.88. The van der Waals surface area contributed by atoms with Gasteiger partial charge in [0.05, 0.1) is 6.61 Å². The van der Waals surface area contributed by atoms with Crippen molar-refractivity contribution >= 4 is 11.6 Å². The van der Waals surface area contributed by atoms with Crippen LogP contribution in [0.1, 0.15) is 36.8 Å². The van der Waals surface area contributed by atoms with E-state index in [1.165, 1.54) is 37.9 Å². The molecule has 3 rings (SSSR count). The predicted molar refractivity (Wildman–Crippen MR) is 96.8 cm³/mol. The number of aromatic nitrogens is 2. The van der Waals surface area contributed by atoms with Gasteiger partial charge in [0.2, 0.25) is 0 Å². The highest BCUT2D eigenvalue weighted by Crippen LogP contribution is 2.19. The molecule has 130 valence electrons. The second-order valence-corrected chi connectivity index (χ2v) is 6.44. The Balaban J connectivity index is 1.46. The van der Waals surface area contributed by atoms with E-state index in [2.05, 4.69) is 33.3 Å². The molecule has 6 heteroatoms. The minimum atomic E-state index is 0.482. The molecule has 24 heavy (non-hydrogen) atoms. The van der Waals surface area contributed by atoms with Gasteiger partial charge in [-0.2, -0.15) is 5.10 Å². The summed E-state index contributed by atoms with van der Waals surface area (Å²) in [6.45, 7) is 4.06. The average molecular weight is 329 g/mol. The van der Waals surface area contributed by atoms with Gasteiger partial charge >= 0.3 is 0 Å². The predicted octanol–water partition coefficient (Wildman–Crippen LogP) is 2.57. The van der Waals surface area contributed by atoms with Crippen LogP contribution in [-0.4, -0.2) is 34.8 Å². The summed E-state index contributed by atoms with van der Waals surface area (Å²) in [6.07, 6.45) is 5.62. The molecule has 2 heterocycles. The van der Waals surface area contributed by atoms with E-state index in [-0.39, 0.29) is 0 Å². The molecule has 0 bridgehead atoms. The van der Waals surface area contributed by atoms with Gasteiger partial charge in [0, 0.05) is 12.1 Å². The Kier molecular flexibility index (Phi) is 5.59. The number of aromatic amines is 1. The highest BCUT2D eigenvalue weighted by molar-refractivity contribution is 5.52. The molecule has 0 saturated carbocycles. The molecule has 1 fully saturated rings. The number of ether oxygens (including phenoxy) is 1. The Morgan fingerprint density at radius 1 is 1.17 bits per heavy atom. The molecular weight excluding hydrogens is 302 g/mol. The van der Waals surface area contributed by atoms with Gasteiger partial charge in [0.15, 0.2) is 5.82 Å². The first-order chi connectivity index (χ1) is 11.7. The van der Waals surface area contributed by atoms with Gasteiger partial charge in [-0.25, -0.2) is 0 Å². The molecule has 1 aromatic heterocycles. The Hall–Kier alpha value is -2.21. The van der Waals surface area contributed by atoms with E-state index in [4.69, 9.17) is 16.2 Å². The lowest BCUT2D eigenvalue weighted by atomic mass is 10.1.